The zero-order valence-electron chi connectivity index (χ0n) is 16.9. The number of methoxy groups -OCH3 is 1. The average molecular weight is 403 g/mol. The Bertz CT molecular complexity index is 1030. The van der Waals surface area contributed by atoms with E-state index < -0.39 is 17.2 Å². The van der Waals surface area contributed by atoms with Crippen LogP contribution in [-0.2, 0) is 0 Å². The topological polar surface area (TPSA) is 83.8 Å². The van der Waals surface area contributed by atoms with Crippen molar-refractivity contribution in [2.45, 2.75) is 38.8 Å². The number of rotatable bonds is 6. The summed E-state index contributed by atoms with van der Waals surface area (Å²) in [6.07, 6.45) is 3.15. The summed E-state index contributed by atoms with van der Waals surface area (Å²) in [6.45, 7) is 6.30. The van der Waals surface area contributed by atoms with E-state index in [9.17, 15) is 14.7 Å². The van der Waals surface area contributed by atoms with Crippen LogP contribution in [0.25, 0.3) is 10.9 Å². The lowest BCUT2D eigenvalue weighted by molar-refractivity contribution is 0.0695. The molecule has 2 fully saturated rings. The molecule has 1 saturated carbocycles. The second-order valence-electron chi connectivity index (χ2n) is 8.00. The van der Waals surface area contributed by atoms with Gasteiger partial charge in [-0.1, -0.05) is 13.8 Å². The highest BCUT2D eigenvalue weighted by Crippen LogP contribution is 2.44. The van der Waals surface area contributed by atoms with E-state index in [1.165, 1.54) is 19.4 Å². The summed E-state index contributed by atoms with van der Waals surface area (Å²) in [6, 6.07) is 1.50. The number of pyridine rings is 1. The number of likely N-dealkylation sites (N-methyl/N-ethyl adjacent to an activating group) is 1. The van der Waals surface area contributed by atoms with Gasteiger partial charge in [0.25, 0.3) is 0 Å². The fraction of sp³-hybridized carbons (Fsp3) is 0.524. The molecule has 1 saturated heterocycles. The van der Waals surface area contributed by atoms with Crippen molar-refractivity contribution in [1.29, 1.82) is 0 Å². The van der Waals surface area contributed by atoms with E-state index in [0.717, 1.165) is 19.4 Å². The summed E-state index contributed by atoms with van der Waals surface area (Å²) in [5, 5.41) is 12.9. The maximum atomic E-state index is 15.3. The van der Waals surface area contributed by atoms with Gasteiger partial charge in [0, 0.05) is 31.4 Å². The number of fused-ring (bicyclic) bond motifs is 1. The lowest BCUT2D eigenvalue weighted by atomic mass is 10.1. The molecule has 2 N–H and O–H groups in total. The van der Waals surface area contributed by atoms with E-state index >= 15 is 4.39 Å². The molecule has 2 unspecified atom stereocenters. The molecule has 0 spiro atoms. The molecule has 1 aromatic heterocycles. The van der Waals surface area contributed by atoms with E-state index in [1.807, 2.05) is 11.8 Å². The number of benzene rings is 1. The van der Waals surface area contributed by atoms with Gasteiger partial charge in [0.05, 0.1) is 18.0 Å². The minimum Gasteiger partial charge on any atom is -0.492 e. The number of hydrogen-bond donors (Lipinski definition) is 2. The highest BCUT2D eigenvalue weighted by atomic mass is 19.1. The molecule has 2 aromatic rings. The molecule has 1 aliphatic heterocycles. The lowest BCUT2D eigenvalue weighted by Crippen LogP contribution is -2.35. The SMILES string of the molecule is CCNC1CN(c2c(F)cc3c(=O)c(C(=O)O)cn(C4CC4)c3c2OC)CC1C. The first kappa shape index (κ1) is 19.7. The van der Waals surface area contributed by atoms with Gasteiger partial charge in [0.15, 0.2) is 11.6 Å². The highest BCUT2D eigenvalue weighted by Gasteiger charge is 2.35. The van der Waals surface area contributed by atoms with Crippen molar-refractivity contribution >= 4 is 22.6 Å². The first-order valence-corrected chi connectivity index (χ1v) is 10.0. The quantitative estimate of drug-likeness (QED) is 0.772. The Kier molecular flexibility index (Phi) is 4.98. The number of carbonyl (C=O) groups is 1. The number of ether oxygens (including phenoxy) is 1. The van der Waals surface area contributed by atoms with Gasteiger partial charge in [0.2, 0.25) is 5.43 Å². The van der Waals surface area contributed by atoms with Crippen LogP contribution in [0.2, 0.25) is 0 Å². The number of carboxylic acids is 1. The summed E-state index contributed by atoms with van der Waals surface area (Å²) in [4.78, 5) is 26.3. The zero-order valence-corrected chi connectivity index (χ0v) is 16.9. The minimum absolute atomic E-state index is 0.0466. The average Bonchev–Trinajstić information content (AvgIpc) is 3.45. The number of aromatic carboxylic acids is 1. The van der Waals surface area contributed by atoms with E-state index in [1.54, 1.807) is 4.57 Å². The Hall–Kier alpha value is -2.61. The molecule has 7 nitrogen and oxygen atoms in total. The molecule has 2 atom stereocenters. The van der Waals surface area contributed by atoms with Crippen LogP contribution < -0.4 is 20.4 Å². The highest BCUT2D eigenvalue weighted by molar-refractivity contribution is 5.97. The smallest absolute Gasteiger partial charge is 0.341 e. The standard InChI is InChI=1S/C21H26FN3O4/c1-4-23-16-10-24(8-11(16)2)18-15(22)7-13-17(20(18)29-3)25(12-5-6-12)9-14(19(13)26)21(27)28/h7,9,11-12,16,23H,4-6,8,10H2,1-3H3,(H,27,28). The Morgan fingerprint density at radius 1 is 1.38 bits per heavy atom. The number of nitrogens with one attached hydrogen (secondary N) is 1. The Morgan fingerprint density at radius 3 is 2.69 bits per heavy atom. The molecular formula is C21H26FN3O4. The molecule has 0 amide bonds. The summed E-state index contributed by atoms with van der Waals surface area (Å²) < 4.78 is 22.7. The number of aromatic nitrogens is 1. The van der Waals surface area contributed by atoms with Crippen LogP contribution in [0.15, 0.2) is 17.1 Å². The fourth-order valence-corrected chi connectivity index (χ4v) is 4.40. The van der Waals surface area contributed by atoms with Gasteiger partial charge in [-0.15, -0.1) is 0 Å². The van der Waals surface area contributed by atoms with E-state index in [0.29, 0.717) is 36.0 Å². The van der Waals surface area contributed by atoms with Gasteiger partial charge in [-0.3, -0.25) is 4.79 Å². The van der Waals surface area contributed by atoms with Crippen molar-refractivity contribution in [3.63, 3.8) is 0 Å². The van der Waals surface area contributed by atoms with Crippen LogP contribution in [-0.4, -0.2) is 48.4 Å². The Labute approximate surface area is 168 Å². The van der Waals surface area contributed by atoms with Gasteiger partial charge in [-0.2, -0.15) is 0 Å². The molecular weight excluding hydrogens is 377 g/mol. The Balaban J connectivity index is 1.95. The molecule has 2 heterocycles. The second kappa shape index (κ2) is 7.33. The third kappa shape index (κ3) is 3.25. The third-order valence-electron chi connectivity index (χ3n) is 5.97. The molecule has 1 aromatic carbocycles. The van der Waals surface area contributed by atoms with Crippen LogP contribution in [0, 0.1) is 11.7 Å². The van der Waals surface area contributed by atoms with Crippen molar-refractivity contribution in [2.75, 3.05) is 31.6 Å². The Morgan fingerprint density at radius 2 is 2.10 bits per heavy atom. The number of anilines is 1. The first-order valence-electron chi connectivity index (χ1n) is 10.0. The molecule has 8 heteroatoms. The molecule has 2 aliphatic rings. The number of carboxylic acid groups (broad SMARTS) is 1. The van der Waals surface area contributed by atoms with E-state index in [-0.39, 0.29) is 23.0 Å². The molecule has 29 heavy (non-hydrogen) atoms. The normalized spacial score (nSPS) is 21.7. The fourth-order valence-electron chi connectivity index (χ4n) is 4.40. The molecule has 1 aliphatic carbocycles. The third-order valence-corrected chi connectivity index (χ3v) is 5.97. The van der Waals surface area contributed by atoms with Crippen LogP contribution >= 0.6 is 0 Å². The van der Waals surface area contributed by atoms with Gasteiger partial charge in [-0.05, 0) is 31.4 Å². The largest absolute Gasteiger partial charge is 0.492 e. The van der Waals surface area contributed by atoms with E-state index in [2.05, 4.69) is 12.2 Å². The van der Waals surface area contributed by atoms with Crippen LogP contribution in [0.3, 0.4) is 0 Å². The van der Waals surface area contributed by atoms with Crippen LogP contribution in [0.1, 0.15) is 43.1 Å². The summed E-state index contributed by atoms with van der Waals surface area (Å²) in [5.41, 5.74) is -0.223. The van der Waals surface area contributed by atoms with Gasteiger partial charge in [0.1, 0.15) is 11.3 Å². The van der Waals surface area contributed by atoms with Crippen molar-refractivity contribution in [2.24, 2.45) is 5.92 Å². The first-order chi connectivity index (χ1) is 13.9. The number of nitrogens with zero attached hydrogens (tertiary/aromatic N) is 2. The molecule has 4 rings (SSSR count). The predicted molar refractivity (Wildman–Crippen MR) is 109 cm³/mol. The number of hydrogen-bond acceptors (Lipinski definition) is 5. The van der Waals surface area contributed by atoms with Crippen LogP contribution in [0.5, 0.6) is 5.75 Å². The second-order valence-corrected chi connectivity index (χ2v) is 8.00. The minimum atomic E-state index is -1.31. The zero-order chi connectivity index (χ0) is 20.9. The summed E-state index contributed by atoms with van der Waals surface area (Å²) in [7, 11) is 1.46. The summed E-state index contributed by atoms with van der Waals surface area (Å²) in [5.74, 6) is -1.25. The summed E-state index contributed by atoms with van der Waals surface area (Å²) >= 11 is 0. The van der Waals surface area contributed by atoms with E-state index in [4.69, 9.17) is 4.74 Å². The van der Waals surface area contributed by atoms with Gasteiger partial charge < -0.3 is 24.6 Å². The van der Waals surface area contributed by atoms with Crippen molar-refractivity contribution in [1.82, 2.24) is 9.88 Å². The van der Waals surface area contributed by atoms with Crippen molar-refractivity contribution < 1.29 is 19.0 Å². The van der Waals surface area contributed by atoms with Crippen molar-refractivity contribution in [3.8, 4) is 5.75 Å². The van der Waals surface area contributed by atoms with Crippen LogP contribution in [0.4, 0.5) is 10.1 Å². The monoisotopic (exact) mass is 403 g/mol. The molecule has 0 bridgehead atoms. The molecule has 0 radical (unpaired) electrons. The maximum absolute atomic E-state index is 15.3. The molecule has 156 valence electrons. The lowest BCUT2D eigenvalue weighted by Gasteiger charge is -2.25. The predicted octanol–water partition coefficient (Wildman–Crippen LogP) is 2.62. The van der Waals surface area contributed by atoms with Crippen molar-refractivity contribution in [3.05, 3.63) is 33.9 Å². The van der Waals surface area contributed by atoms with Gasteiger partial charge in [-0.25, -0.2) is 9.18 Å². The maximum Gasteiger partial charge on any atom is 0.341 e. The van der Waals surface area contributed by atoms with Gasteiger partial charge >= 0.3 is 5.97 Å². The number of halogens is 1.